The molecule has 0 saturated carbocycles. The average molecular weight is 866 g/mol. The molecule has 0 aromatic rings. The molecule has 0 radical (unpaired) electrons. The fourth-order valence-electron chi connectivity index (χ4n) is 7.61. The molecular formula is C56H99NO5. The Labute approximate surface area is 383 Å². The number of allylic oxidation sites excluding steroid dienone is 12. The molecule has 0 aliphatic heterocycles. The zero-order valence-electron chi connectivity index (χ0n) is 40.7. The summed E-state index contributed by atoms with van der Waals surface area (Å²) in [6.45, 7) is 6.31. The molecule has 0 saturated heterocycles. The van der Waals surface area contributed by atoms with Crippen LogP contribution in [0.3, 0.4) is 0 Å². The molecule has 3 N–H and O–H groups in total. The number of rotatable bonds is 46. The normalized spacial score (nSPS) is 13.8. The number of ether oxygens (including phenoxy) is 1. The summed E-state index contributed by atoms with van der Waals surface area (Å²) in [5, 5.41) is 23.8. The van der Waals surface area contributed by atoms with E-state index in [4.69, 9.17) is 4.74 Å². The van der Waals surface area contributed by atoms with Crippen LogP contribution < -0.4 is 5.32 Å². The Hall–Kier alpha value is -2.70. The molecule has 1 amide bonds. The van der Waals surface area contributed by atoms with Gasteiger partial charge < -0.3 is 20.3 Å². The fraction of sp³-hybridized carbons (Fsp3) is 0.750. The van der Waals surface area contributed by atoms with Crippen molar-refractivity contribution >= 4 is 11.9 Å². The van der Waals surface area contributed by atoms with Gasteiger partial charge in [0.15, 0.2) is 0 Å². The van der Waals surface area contributed by atoms with Crippen LogP contribution >= 0.6 is 0 Å². The van der Waals surface area contributed by atoms with Crippen LogP contribution in [0.5, 0.6) is 0 Å². The highest BCUT2D eigenvalue weighted by molar-refractivity contribution is 5.77. The second kappa shape index (κ2) is 49.3. The van der Waals surface area contributed by atoms with Gasteiger partial charge in [0, 0.05) is 6.42 Å². The number of unbranched alkanes of at least 4 members (excludes halogenated alkanes) is 24. The molecule has 6 heteroatoms. The smallest absolute Gasteiger partial charge is 0.306 e. The SMILES string of the molecule is CC/C=C/C=C/C=C/CCCCCCCC(CC(=O)NC(CO)C(O)CCCCCCCCCCCCCCC)OC(=O)CCCCCC/C=C\C/C=C\C/C=C\CCCCC. The van der Waals surface area contributed by atoms with E-state index in [1.165, 1.54) is 89.9 Å². The van der Waals surface area contributed by atoms with Gasteiger partial charge in [0.25, 0.3) is 0 Å². The topological polar surface area (TPSA) is 95.9 Å². The van der Waals surface area contributed by atoms with Crippen molar-refractivity contribution < 1.29 is 24.5 Å². The van der Waals surface area contributed by atoms with Gasteiger partial charge in [-0.1, -0.05) is 222 Å². The largest absolute Gasteiger partial charge is 0.462 e. The summed E-state index contributed by atoms with van der Waals surface area (Å²) < 4.78 is 5.92. The van der Waals surface area contributed by atoms with Gasteiger partial charge >= 0.3 is 5.97 Å². The van der Waals surface area contributed by atoms with Crippen LogP contribution in [0.2, 0.25) is 0 Å². The number of carbonyl (C=O) groups excluding carboxylic acids is 2. The minimum atomic E-state index is -0.800. The van der Waals surface area contributed by atoms with E-state index in [1.807, 2.05) is 0 Å². The summed E-state index contributed by atoms with van der Waals surface area (Å²) in [7, 11) is 0. The molecule has 0 aromatic heterocycles. The number of hydrogen-bond donors (Lipinski definition) is 3. The van der Waals surface area contributed by atoms with Gasteiger partial charge in [0.2, 0.25) is 5.91 Å². The highest BCUT2D eigenvalue weighted by Crippen LogP contribution is 2.17. The lowest BCUT2D eigenvalue weighted by molar-refractivity contribution is -0.151. The Balaban J connectivity index is 4.63. The Bertz CT molecular complexity index is 1150. The third kappa shape index (κ3) is 43.9. The summed E-state index contributed by atoms with van der Waals surface area (Å²) in [6.07, 6.45) is 62.4. The molecule has 6 nitrogen and oxygen atoms in total. The number of nitrogens with one attached hydrogen (secondary N) is 1. The highest BCUT2D eigenvalue weighted by Gasteiger charge is 2.24. The van der Waals surface area contributed by atoms with E-state index in [1.54, 1.807) is 0 Å². The van der Waals surface area contributed by atoms with E-state index in [9.17, 15) is 19.8 Å². The monoisotopic (exact) mass is 866 g/mol. The number of aliphatic hydroxyl groups excluding tert-OH is 2. The summed E-state index contributed by atoms with van der Waals surface area (Å²) in [5.41, 5.74) is 0. The predicted octanol–water partition coefficient (Wildman–Crippen LogP) is 15.8. The number of aliphatic hydroxyl groups is 2. The minimum Gasteiger partial charge on any atom is -0.462 e. The lowest BCUT2D eigenvalue weighted by Gasteiger charge is -2.24. The molecular weight excluding hydrogens is 767 g/mol. The fourth-order valence-corrected chi connectivity index (χ4v) is 7.61. The first-order valence-corrected chi connectivity index (χ1v) is 26.2. The van der Waals surface area contributed by atoms with Crippen LogP contribution in [0, 0.1) is 0 Å². The van der Waals surface area contributed by atoms with E-state index < -0.39 is 18.2 Å². The zero-order chi connectivity index (χ0) is 45.2. The Morgan fingerprint density at radius 3 is 1.48 bits per heavy atom. The van der Waals surface area contributed by atoms with Crippen LogP contribution in [-0.4, -0.2) is 46.9 Å². The highest BCUT2D eigenvalue weighted by atomic mass is 16.5. The lowest BCUT2D eigenvalue weighted by Crippen LogP contribution is -2.46. The van der Waals surface area contributed by atoms with E-state index in [0.717, 1.165) is 109 Å². The molecule has 0 aliphatic carbocycles. The molecule has 358 valence electrons. The first-order valence-electron chi connectivity index (χ1n) is 26.2. The third-order valence-corrected chi connectivity index (χ3v) is 11.6. The van der Waals surface area contributed by atoms with E-state index in [0.29, 0.717) is 19.3 Å². The number of esters is 1. The molecule has 3 unspecified atom stereocenters. The van der Waals surface area contributed by atoms with Crippen molar-refractivity contribution in [3.05, 3.63) is 72.9 Å². The maximum absolute atomic E-state index is 13.2. The number of amides is 1. The summed E-state index contributed by atoms with van der Waals surface area (Å²) in [5.74, 6) is -0.520. The zero-order valence-corrected chi connectivity index (χ0v) is 40.7. The molecule has 62 heavy (non-hydrogen) atoms. The molecule has 0 fully saturated rings. The average Bonchev–Trinajstić information content (AvgIpc) is 3.26. The minimum absolute atomic E-state index is 0.0523. The summed E-state index contributed by atoms with van der Waals surface area (Å²) in [4.78, 5) is 26.2. The lowest BCUT2D eigenvalue weighted by atomic mass is 10.0. The van der Waals surface area contributed by atoms with Crippen molar-refractivity contribution in [3.8, 4) is 0 Å². The van der Waals surface area contributed by atoms with Crippen LogP contribution in [0.1, 0.15) is 245 Å². The van der Waals surface area contributed by atoms with Gasteiger partial charge in [-0.05, 0) is 83.5 Å². The first-order chi connectivity index (χ1) is 30.5. The van der Waals surface area contributed by atoms with Gasteiger partial charge in [-0.3, -0.25) is 9.59 Å². The first kappa shape index (κ1) is 59.3. The van der Waals surface area contributed by atoms with Gasteiger partial charge in [0.1, 0.15) is 6.10 Å². The van der Waals surface area contributed by atoms with Crippen LogP contribution in [-0.2, 0) is 14.3 Å². The second-order valence-electron chi connectivity index (χ2n) is 17.6. The van der Waals surface area contributed by atoms with Crippen molar-refractivity contribution in [3.63, 3.8) is 0 Å². The third-order valence-electron chi connectivity index (χ3n) is 11.6. The maximum Gasteiger partial charge on any atom is 0.306 e. The van der Waals surface area contributed by atoms with E-state index >= 15 is 0 Å². The van der Waals surface area contributed by atoms with Crippen molar-refractivity contribution in [2.45, 2.75) is 264 Å². The summed E-state index contributed by atoms with van der Waals surface area (Å²) in [6, 6.07) is -0.716. The molecule has 0 aromatic carbocycles. The van der Waals surface area contributed by atoms with Gasteiger partial charge in [-0.2, -0.15) is 0 Å². The second-order valence-corrected chi connectivity index (χ2v) is 17.6. The molecule has 0 rings (SSSR count). The predicted molar refractivity (Wildman–Crippen MR) is 268 cm³/mol. The van der Waals surface area contributed by atoms with Crippen molar-refractivity contribution in [1.29, 1.82) is 0 Å². The molecule has 0 bridgehead atoms. The molecule has 0 aliphatic rings. The Kier molecular flexibility index (Phi) is 47.2. The number of carbonyl (C=O) groups is 2. The molecule has 0 heterocycles. The van der Waals surface area contributed by atoms with Gasteiger partial charge in [0.05, 0.1) is 25.2 Å². The van der Waals surface area contributed by atoms with E-state index in [-0.39, 0.29) is 24.9 Å². The van der Waals surface area contributed by atoms with Gasteiger partial charge in [-0.15, -0.1) is 0 Å². The van der Waals surface area contributed by atoms with Crippen molar-refractivity contribution in [1.82, 2.24) is 5.32 Å². The molecule has 3 atom stereocenters. The van der Waals surface area contributed by atoms with Crippen LogP contribution in [0.25, 0.3) is 0 Å². The standard InChI is InChI=1S/C56H99NO5/c1-4-7-10-13-16-19-22-25-26-27-28-31-34-37-40-43-46-49-56(61)62-52(47-44-41-38-35-32-29-23-20-17-14-11-8-5-2)50-55(60)57-53(51-58)54(59)48-45-42-39-36-33-30-24-21-18-15-12-9-6-3/h8,11,14,16-17,19-20,23,25-26,28,31,52-54,58-59H,4-7,9-10,12-13,15,18,21-22,24,27,29-30,32-51H2,1-3H3,(H,57,60)/b11-8+,17-14+,19-16-,23-20+,26-25-,31-28-. The maximum atomic E-state index is 13.2. The van der Waals surface area contributed by atoms with Crippen molar-refractivity contribution in [2.24, 2.45) is 0 Å². The van der Waals surface area contributed by atoms with E-state index in [2.05, 4.69) is 99.0 Å². The van der Waals surface area contributed by atoms with Crippen LogP contribution in [0.15, 0.2) is 72.9 Å². The van der Waals surface area contributed by atoms with Gasteiger partial charge in [-0.25, -0.2) is 0 Å². The Morgan fingerprint density at radius 1 is 0.500 bits per heavy atom. The quantitative estimate of drug-likeness (QED) is 0.0245. The Morgan fingerprint density at radius 2 is 0.935 bits per heavy atom. The number of hydrogen-bond acceptors (Lipinski definition) is 5. The van der Waals surface area contributed by atoms with Crippen LogP contribution in [0.4, 0.5) is 0 Å². The summed E-state index contributed by atoms with van der Waals surface area (Å²) >= 11 is 0. The molecule has 0 spiro atoms. The van der Waals surface area contributed by atoms with Crippen molar-refractivity contribution in [2.75, 3.05) is 6.61 Å².